The van der Waals surface area contributed by atoms with E-state index in [0.717, 1.165) is 5.69 Å². The predicted molar refractivity (Wildman–Crippen MR) is 66.5 cm³/mol. The van der Waals surface area contributed by atoms with Gasteiger partial charge in [-0.3, -0.25) is 0 Å². The second-order valence-electron chi connectivity index (χ2n) is 4.17. The van der Waals surface area contributed by atoms with Crippen LogP contribution in [0.1, 0.15) is 24.5 Å². The topological polar surface area (TPSA) is 72.4 Å². The van der Waals surface area contributed by atoms with Gasteiger partial charge in [-0.2, -0.15) is 4.31 Å². The van der Waals surface area contributed by atoms with Crippen LogP contribution in [0.5, 0.6) is 0 Å². The first-order valence-electron chi connectivity index (χ1n) is 5.92. The monoisotopic (exact) mass is 271 g/mol. The summed E-state index contributed by atoms with van der Waals surface area (Å²) in [6.45, 7) is 4.58. The molecule has 2 rings (SSSR count). The molecule has 1 fully saturated rings. The van der Waals surface area contributed by atoms with Crippen molar-refractivity contribution in [3.8, 4) is 0 Å². The van der Waals surface area contributed by atoms with Gasteiger partial charge in [0.25, 0.3) is 0 Å². The molecule has 1 saturated heterocycles. The van der Waals surface area contributed by atoms with Gasteiger partial charge in [0.05, 0.1) is 12.4 Å². The Bertz CT molecular complexity index is 518. The maximum Gasteiger partial charge on any atom is 0.214 e. The molecule has 1 aromatic rings. The van der Waals surface area contributed by atoms with E-state index in [1.54, 1.807) is 19.2 Å². The van der Waals surface area contributed by atoms with Crippen LogP contribution in [-0.2, 0) is 14.8 Å². The molecular formula is C11H17N3O3S. The first-order valence-corrected chi connectivity index (χ1v) is 7.53. The first-order chi connectivity index (χ1) is 8.53. The van der Waals surface area contributed by atoms with Crippen molar-refractivity contribution >= 4 is 10.0 Å². The van der Waals surface area contributed by atoms with E-state index in [2.05, 4.69) is 9.97 Å². The zero-order chi connectivity index (χ0) is 13.2. The molecule has 1 aromatic heterocycles. The normalized spacial score (nSPS) is 22.0. The van der Waals surface area contributed by atoms with Crippen LogP contribution in [0.15, 0.2) is 12.3 Å². The molecule has 1 aliphatic heterocycles. The van der Waals surface area contributed by atoms with Crippen LogP contribution < -0.4 is 0 Å². The van der Waals surface area contributed by atoms with Crippen molar-refractivity contribution in [2.24, 2.45) is 0 Å². The number of hydrogen-bond donors (Lipinski definition) is 0. The molecule has 6 nitrogen and oxygen atoms in total. The fourth-order valence-corrected chi connectivity index (χ4v) is 2.92. The second kappa shape index (κ2) is 5.29. The molecule has 0 spiro atoms. The van der Waals surface area contributed by atoms with Crippen LogP contribution in [0.25, 0.3) is 0 Å². The third kappa shape index (κ3) is 2.85. The molecular weight excluding hydrogens is 254 g/mol. The molecule has 0 aliphatic carbocycles. The minimum absolute atomic E-state index is 0.106. The average molecular weight is 271 g/mol. The molecule has 1 atom stereocenters. The van der Waals surface area contributed by atoms with Gasteiger partial charge in [0.1, 0.15) is 6.10 Å². The highest BCUT2D eigenvalue weighted by molar-refractivity contribution is 7.89. The van der Waals surface area contributed by atoms with Gasteiger partial charge in [0, 0.05) is 25.0 Å². The van der Waals surface area contributed by atoms with Crippen LogP contribution in [-0.4, -0.2) is 48.1 Å². The Hall–Kier alpha value is -1.05. The van der Waals surface area contributed by atoms with Gasteiger partial charge in [-0.05, 0) is 19.9 Å². The molecule has 0 saturated carbocycles. The van der Waals surface area contributed by atoms with Gasteiger partial charge in [0.2, 0.25) is 10.0 Å². The molecule has 2 heterocycles. The minimum Gasteiger partial charge on any atom is -0.367 e. The van der Waals surface area contributed by atoms with Gasteiger partial charge < -0.3 is 4.74 Å². The van der Waals surface area contributed by atoms with Crippen molar-refractivity contribution in [1.29, 1.82) is 0 Å². The molecule has 0 bridgehead atoms. The van der Waals surface area contributed by atoms with Gasteiger partial charge >= 0.3 is 0 Å². The molecule has 100 valence electrons. The lowest BCUT2D eigenvalue weighted by atomic mass is 10.3. The summed E-state index contributed by atoms with van der Waals surface area (Å²) in [5.41, 5.74) is 0.846. The summed E-state index contributed by atoms with van der Waals surface area (Å²) < 4.78 is 30.7. The van der Waals surface area contributed by atoms with Gasteiger partial charge in [-0.25, -0.2) is 18.4 Å². The highest BCUT2D eigenvalue weighted by atomic mass is 32.2. The molecule has 7 heteroatoms. The molecule has 0 amide bonds. The van der Waals surface area contributed by atoms with Crippen LogP contribution in [0.2, 0.25) is 0 Å². The lowest BCUT2D eigenvalue weighted by Crippen LogP contribution is -2.43. The Labute approximate surface area is 107 Å². The van der Waals surface area contributed by atoms with Crippen molar-refractivity contribution < 1.29 is 13.2 Å². The predicted octanol–water partition coefficient (Wildman–Crippen LogP) is 0.508. The Morgan fingerprint density at radius 3 is 3.00 bits per heavy atom. The van der Waals surface area contributed by atoms with E-state index < -0.39 is 10.0 Å². The summed E-state index contributed by atoms with van der Waals surface area (Å²) in [5, 5.41) is 0. The van der Waals surface area contributed by atoms with Crippen molar-refractivity contribution in [3.05, 3.63) is 23.8 Å². The number of sulfonamides is 1. The molecule has 1 aliphatic rings. The summed E-state index contributed by atoms with van der Waals surface area (Å²) in [4.78, 5) is 8.43. The number of ether oxygens (including phenoxy) is 1. The fraction of sp³-hybridized carbons (Fsp3) is 0.636. The van der Waals surface area contributed by atoms with Crippen LogP contribution in [0.4, 0.5) is 0 Å². The number of aryl methyl sites for hydroxylation is 1. The third-order valence-electron chi connectivity index (χ3n) is 2.89. The maximum absolute atomic E-state index is 11.8. The Balaban J connectivity index is 2.17. The number of aromatic nitrogens is 2. The highest BCUT2D eigenvalue weighted by Gasteiger charge is 2.30. The summed E-state index contributed by atoms with van der Waals surface area (Å²) in [6, 6.07) is 1.80. The zero-order valence-corrected chi connectivity index (χ0v) is 11.4. The maximum atomic E-state index is 11.8. The number of rotatable bonds is 3. The number of nitrogens with zero attached hydrogens (tertiary/aromatic N) is 3. The Kier molecular flexibility index (Phi) is 3.94. The lowest BCUT2D eigenvalue weighted by molar-refractivity contribution is -0.00756. The summed E-state index contributed by atoms with van der Waals surface area (Å²) in [5.74, 6) is 0.653. The van der Waals surface area contributed by atoms with Gasteiger partial charge in [-0.15, -0.1) is 0 Å². The standard InChI is InChI=1S/C11H17N3O3S/c1-3-18(15,16)14-6-7-17-10(8-14)11-12-5-4-9(2)13-11/h4-5,10H,3,6-8H2,1-2H3/t10-/m0/s1. The highest BCUT2D eigenvalue weighted by Crippen LogP contribution is 2.21. The fourth-order valence-electron chi connectivity index (χ4n) is 1.84. The zero-order valence-electron chi connectivity index (χ0n) is 10.5. The molecule has 0 unspecified atom stereocenters. The summed E-state index contributed by atoms with van der Waals surface area (Å²) >= 11 is 0. The van der Waals surface area contributed by atoms with E-state index in [0.29, 0.717) is 25.5 Å². The SMILES string of the molecule is CCS(=O)(=O)N1CCO[C@H](c2nccc(C)n2)C1. The van der Waals surface area contributed by atoms with E-state index in [1.807, 2.05) is 6.92 Å². The molecule has 0 aromatic carbocycles. The van der Waals surface area contributed by atoms with Gasteiger partial charge in [-0.1, -0.05) is 0 Å². The van der Waals surface area contributed by atoms with Crippen LogP contribution in [0, 0.1) is 6.92 Å². The van der Waals surface area contributed by atoms with Crippen molar-refractivity contribution in [2.45, 2.75) is 20.0 Å². The number of morpholine rings is 1. The smallest absolute Gasteiger partial charge is 0.214 e. The minimum atomic E-state index is -3.17. The van der Waals surface area contributed by atoms with E-state index in [1.165, 1.54) is 4.31 Å². The van der Waals surface area contributed by atoms with E-state index >= 15 is 0 Å². The third-order valence-corrected chi connectivity index (χ3v) is 4.74. The van der Waals surface area contributed by atoms with Crippen molar-refractivity contribution in [1.82, 2.24) is 14.3 Å². The van der Waals surface area contributed by atoms with Gasteiger partial charge in [0.15, 0.2) is 5.82 Å². The van der Waals surface area contributed by atoms with Crippen LogP contribution in [0.3, 0.4) is 0 Å². The molecule has 0 radical (unpaired) electrons. The summed E-state index contributed by atoms with van der Waals surface area (Å²) in [6.07, 6.45) is 1.29. The quantitative estimate of drug-likeness (QED) is 0.801. The van der Waals surface area contributed by atoms with E-state index in [4.69, 9.17) is 4.74 Å². The van der Waals surface area contributed by atoms with Crippen molar-refractivity contribution in [2.75, 3.05) is 25.4 Å². The van der Waals surface area contributed by atoms with E-state index in [-0.39, 0.29) is 11.9 Å². The van der Waals surface area contributed by atoms with Crippen molar-refractivity contribution in [3.63, 3.8) is 0 Å². The molecule has 18 heavy (non-hydrogen) atoms. The molecule has 0 N–H and O–H groups in total. The first kappa shape index (κ1) is 13.4. The van der Waals surface area contributed by atoms with Crippen LogP contribution >= 0.6 is 0 Å². The largest absolute Gasteiger partial charge is 0.367 e. The number of hydrogen-bond acceptors (Lipinski definition) is 5. The lowest BCUT2D eigenvalue weighted by Gasteiger charge is -2.31. The van der Waals surface area contributed by atoms with E-state index in [9.17, 15) is 8.42 Å². The second-order valence-corrected chi connectivity index (χ2v) is 6.43. The Morgan fingerprint density at radius 1 is 1.56 bits per heavy atom. The summed E-state index contributed by atoms with van der Waals surface area (Å²) in [7, 11) is -3.17. The Morgan fingerprint density at radius 2 is 2.33 bits per heavy atom. The average Bonchev–Trinajstić information content (AvgIpc) is 2.39.